The zero-order valence-electron chi connectivity index (χ0n) is 14.4. The molecule has 0 radical (unpaired) electrons. The third-order valence-electron chi connectivity index (χ3n) is 4.67. The highest BCUT2D eigenvalue weighted by Crippen LogP contribution is 2.18. The number of aromatic nitrogens is 1. The molecule has 0 saturated carbocycles. The fourth-order valence-electron chi connectivity index (χ4n) is 3.45. The number of fused-ring (bicyclic) bond motifs is 2. The van der Waals surface area contributed by atoms with Crippen LogP contribution in [0, 0.1) is 11.6 Å². The Bertz CT molecular complexity index is 1070. The number of pyridine rings is 1. The van der Waals surface area contributed by atoms with Gasteiger partial charge in [-0.15, -0.1) is 0 Å². The minimum atomic E-state index is -0.754. The number of aromatic amines is 1. The van der Waals surface area contributed by atoms with Gasteiger partial charge in [0.15, 0.2) is 5.43 Å². The monoisotopic (exact) mass is 369 g/mol. The fourth-order valence-corrected chi connectivity index (χ4v) is 3.45. The van der Waals surface area contributed by atoms with E-state index >= 15 is 0 Å². The predicted octanol–water partition coefficient (Wildman–Crippen LogP) is 2.80. The standard InChI is InChI=1S/C20H17F2N3O2/c21-12-7-13(22)9-14(8-12)23-19(26)11-25-6-5-18-16(10-25)20(27)15-3-1-2-4-17(15)24-18/h1-4,7-9H,5-6,10-11H2,(H,23,26)(H,24,27). The number of rotatable bonds is 3. The van der Waals surface area contributed by atoms with Gasteiger partial charge < -0.3 is 10.3 Å². The molecule has 0 unspecified atom stereocenters. The first-order chi connectivity index (χ1) is 13.0. The zero-order valence-corrected chi connectivity index (χ0v) is 14.4. The van der Waals surface area contributed by atoms with E-state index < -0.39 is 11.6 Å². The van der Waals surface area contributed by atoms with Crippen molar-refractivity contribution in [2.45, 2.75) is 13.0 Å². The van der Waals surface area contributed by atoms with Crippen molar-refractivity contribution >= 4 is 22.5 Å². The van der Waals surface area contributed by atoms with Gasteiger partial charge in [0.1, 0.15) is 11.6 Å². The van der Waals surface area contributed by atoms with E-state index in [9.17, 15) is 18.4 Å². The lowest BCUT2D eigenvalue weighted by molar-refractivity contribution is -0.117. The highest BCUT2D eigenvalue weighted by Gasteiger charge is 2.22. The molecular weight excluding hydrogens is 352 g/mol. The van der Waals surface area contributed by atoms with Crippen molar-refractivity contribution in [2.75, 3.05) is 18.4 Å². The summed E-state index contributed by atoms with van der Waals surface area (Å²) < 4.78 is 26.5. The number of amides is 1. The second kappa shape index (κ2) is 6.92. The third kappa shape index (κ3) is 3.59. The number of halogens is 2. The Hall–Kier alpha value is -3.06. The van der Waals surface area contributed by atoms with Crippen molar-refractivity contribution in [3.8, 4) is 0 Å². The first-order valence-corrected chi connectivity index (χ1v) is 8.60. The lowest BCUT2D eigenvalue weighted by Gasteiger charge is -2.27. The Labute approximate surface area is 153 Å². The molecule has 1 amide bonds. The van der Waals surface area contributed by atoms with Crippen LogP contribution in [0.2, 0.25) is 0 Å². The molecule has 2 N–H and O–H groups in total. The van der Waals surface area contributed by atoms with Gasteiger partial charge in [-0.2, -0.15) is 0 Å². The summed E-state index contributed by atoms with van der Waals surface area (Å²) in [5.74, 6) is -1.90. The lowest BCUT2D eigenvalue weighted by atomic mass is 10.0. The lowest BCUT2D eigenvalue weighted by Crippen LogP contribution is -2.39. The number of carbonyl (C=O) groups is 1. The van der Waals surface area contributed by atoms with E-state index in [0.29, 0.717) is 30.5 Å². The number of hydrogen-bond acceptors (Lipinski definition) is 3. The SMILES string of the molecule is O=C(CN1CCc2[nH]c3ccccc3c(=O)c2C1)Nc1cc(F)cc(F)c1. The molecular formula is C20H17F2N3O2. The fraction of sp³-hybridized carbons (Fsp3) is 0.200. The minimum absolute atomic E-state index is 0.0309. The molecule has 4 rings (SSSR count). The van der Waals surface area contributed by atoms with E-state index in [-0.39, 0.29) is 23.6 Å². The Morgan fingerprint density at radius 3 is 2.67 bits per heavy atom. The van der Waals surface area contributed by atoms with E-state index in [1.165, 1.54) is 0 Å². The molecule has 2 aromatic carbocycles. The van der Waals surface area contributed by atoms with Gasteiger partial charge in [-0.05, 0) is 24.3 Å². The van der Waals surface area contributed by atoms with Crippen LogP contribution in [0.4, 0.5) is 14.5 Å². The molecule has 0 fully saturated rings. The maximum atomic E-state index is 13.2. The van der Waals surface area contributed by atoms with Crippen LogP contribution >= 0.6 is 0 Å². The molecule has 3 aromatic rings. The van der Waals surface area contributed by atoms with Gasteiger partial charge in [-0.3, -0.25) is 14.5 Å². The summed E-state index contributed by atoms with van der Waals surface area (Å²) >= 11 is 0. The normalized spacial score (nSPS) is 14.1. The van der Waals surface area contributed by atoms with Crippen LogP contribution in [0.3, 0.4) is 0 Å². The molecule has 0 aliphatic carbocycles. The van der Waals surface area contributed by atoms with Gasteiger partial charge in [0.2, 0.25) is 5.91 Å². The average molecular weight is 369 g/mol. The number of benzene rings is 2. The number of nitrogens with one attached hydrogen (secondary N) is 2. The predicted molar refractivity (Wildman–Crippen MR) is 98.5 cm³/mol. The Kier molecular flexibility index (Phi) is 4.45. The highest BCUT2D eigenvalue weighted by molar-refractivity contribution is 5.92. The van der Waals surface area contributed by atoms with Crippen LogP contribution in [0.5, 0.6) is 0 Å². The van der Waals surface area contributed by atoms with Crippen molar-refractivity contribution in [1.82, 2.24) is 9.88 Å². The first-order valence-electron chi connectivity index (χ1n) is 8.60. The number of carbonyl (C=O) groups excluding carboxylic acids is 1. The number of H-pyrrole nitrogens is 1. The molecule has 0 saturated heterocycles. The maximum Gasteiger partial charge on any atom is 0.238 e. The molecule has 1 aliphatic heterocycles. The Morgan fingerprint density at radius 2 is 1.89 bits per heavy atom. The minimum Gasteiger partial charge on any atom is -0.358 e. The molecule has 5 nitrogen and oxygen atoms in total. The topological polar surface area (TPSA) is 65.2 Å². The van der Waals surface area contributed by atoms with Gasteiger partial charge in [-0.1, -0.05) is 12.1 Å². The summed E-state index contributed by atoms with van der Waals surface area (Å²) in [4.78, 5) is 30.1. The number of anilines is 1. The molecule has 7 heteroatoms. The van der Waals surface area contributed by atoms with E-state index in [1.807, 2.05) is 23.1 Å². The smallest absolute Gasteiger partial charge is 0.238 e. The van der Waals surface area contributed by atoms with Crippen LogP contribution < -0.4 is 10.7 Å². The van der Waals surface area contributed by atoms with Crippen LogP contribution in [0.25, 0.3) is 10.9 Å². The summed E-state index contributed by atoms with van der Waals surface area (Å²) in [6.07, 6.45) is 0.622. The summed E-state index contributed by atoms with van der Waals surface area (Å²) in [6.45, 7) is 0.983. The van der Waals surface area contributed by atoms with Gasteiger partial charge in [0, 0.05) is 53.4 Å². The largest absolute Gasteiger partial charge is 0.358 e. The number of nitrogens with zero attached hydrogens (tertiary/aromatic N) is 1. The van der Waals surface area contributed by atoms with E-state index in [1.54, 1.807) is 6.07 Å². The van der Waals surface area contributed by atoms with Crippen LogP contribution in [-0.4, -0.2) is 28.9 Å². The molecule has 0 bridgehead atoms. The second-order valence-corrected chi connectivity index (χ2v) is 6.62. The highest BCUT2D eigenvalue weighted by atomic mass is 19.1. The average Bonchev–Trinajstić information content (AvgIpc) is 2.61. The van der Waals surface area contributed by atoms with Crippen LogP contribution in [0.1, 0.15) is 11.3 Å². The summed E-state index contributed by atoms with van der Waals surface area (Å²) in [5, 5.41) is 3.12. The van der Waals surface area contributed by atoms with Gasteiger partial charge in [0.05, 0.1) is 6.54 Å². The summed E-state index contributed by atoms with van der Waals surface area (Å²) in [6, 6.07) is 10.2. The van der Waals surface area contributed by atoms with Crippen molar-refractivity contribution in [2.24, 2.45) is 0 Å². The van der Waals surface area contributed by atoms with Crippen LogP contribution in [-0.2, 0) is 17.8 Å². The molecule has 27 heavy (non-hydrogen) atoms. The second-order valence-electron chi connectivity index (χ2n) is 6.62. The molecule has 2 heterocycles. The summed E-state index contributed by atoms with van der Waals surface area (Å²) in [5.41, 5.74) is 2.39. The zero-order chi connectivity index (χ0) is 19.0. The summed E-state index contributed by atoms with van der Waals surface area (Å²) in [7, 11) is 0. The Morgan fingerprint density at radius 1 is 1.15 bits per heavy atom. The molecule has 0 atom stereocenters. The molecule has 138 valence electrons. The van der Waals surface area contributed by atoms with E-state index in [2.05, 4.69) is 10.3 Å². The van der Waals surface area contributed by atoms with E-state index in [0.717, 1.165) is 29.4 Å². The third-order valence-corrected chi connectivity index (χ3v) is 4.67. The van der Waals surface area contributed by atoms with Crippen LogP contribution in [0.15, 0.2) is 47.3 Å². The van der Waals surface area contributed by atoms with Gasteiger partial charge >= 0.3 is 0 Å². The van der Waals surface area contributed by atoms with Crippen molar-refractivity contribution in [3.63, 3.8) is 0 Å². The van der Waals surface area contributed by atoms with Crippen molar-refractivity contribution in [1.29, 1.82) is 0 Å². The van der Waals surface area contributed by atoms with Crippen molar-refractivity contribution in [3.05, 3.63) is 75.6 Å². The number of hydrogen-bond donors (Lipinski definition) is 2. The molecule has 1 aliphatic rings. The number of para-hydroxylation sites is 1. The first kappa shape index (κ1) is 17.4. The maximum absolute atomic E-state index is 13.2. The van der Waals surface area contributed by atoms with Gasteiger partial charge in [-0.25, -0.2) is 8.78 Å². The van der Waals surface area contributed by atoms with E-state index in [4.69, 9.17) is 0 Å². The Balaban J connectivity index is 1.50. The van der Waals surface area contributed by atoms with Crippen molar-refractivity contribution < 1.29 is 13.6 Å². The molecule has 1 aromatic heterocycles. The quantitative estimate of drug-likeness (QED) is 0.746. The van der Waals surface area contributed by atoms with Gasteiger partial charge in [0.25, 0.3) is 0 Å². The molecule has 0 spiro atoms.